The summed E-state index contributed by atoms with van der Waals surface area (Å²) in [5.41, 5.74) is 1.88. The summed E-state index contributed by atoms with van der Waals surface area (Å²) < 4.78 is 0. The summed E-state index contributed by atoms with van der Waals surface area (Å²) in [6, 6.07) is 10.7. The van der Waals surface area contributed by atoms with E-state index in [2.05, 4.69) is 40.1 Å². The number of nitrogens with zero attached hydrogens (tertiary/aromatic N) is 2. The molecule has 3 rings (SSSR count). The van der Waals surface area contributed by atoms with Gasteiger partial charge >= 0.3 is 5.97 Å². The number of carboxylic acids is 1. The van der Waals surface area contributed by atoms with E-state index in [4.69, 9.17) is 5.11 Å². The van der Waals surface area contributed by atoms with Crippen LogP contribution in [0.15, 0.2) is 30.3 Å². The van der Waals surface area contributed by atoms with Crippen molar-refractivity contribution in [3.05, 3.63) is 35.9 Å². The van der Waals surface area contributed by atoms with E-state index < -0.39 is 5.97 Å². The molecule has 0 radical (unpaired) electrons. The van der Waals surface area contributed by atoms with Crippen molar-refractivity contribution < 1.29 is 9.90 Å². The van der Waals surface area contributed by atoms with Crippen LogP contribution >= 0.6 is 0 Å². The molecular weight excluding hydrogens is 276 g/mol. The molecule has 22 heavy (non-hydrogen) atoms. The van der Waals surface area contributed by atoms with Gasteiger partial charge in [0.1, 0.15) is 0 Å². The summed E-state index contributed by atoms with van der Waals surface area (Å²) in [6.07, 6.45) is 4.01. The van der Waals surface area contributed by atoms with Gasteiger partial charge in [-0.3, -0.25) is 9.69 Å². The van der Waals surface area contributed by atoms with Gasteiger partial charge in [-0.25, -0.2) is 0 Å². The number of piperidine rings is 1. The van der Waals surface area contributed by atoms with Crippen molar-refractivity contribution in [2.24, 2.45) is 5.41 Å². The largest absolute Gasteiger partial charge is 0.481 e. The Morgan fingerprint density at radius 2 is 1.68 bits per heavy atom. The highest BCUT2D eigenvalue weighted by Crippen LogP contribution is 2.40. The Balaban J connectivity index is 1.47. The second-order valence-corrected chi connectivity index (χ2v) is 6.93. The van der Waals surface area contributed by atoms with E-state index in [0.717, 1.165) is 19.6 Å². The number of aliphatic carboxylic acids is 1. The van der Waals surface area contributed by atoms with Crippen LogP contribution in [-0.2, 0) is 11.3 Å². The van der Waals surface area contributed by atoms with Crippen molar-refractivity contribution in [2.75, 3.05) is 32.7 Å². The zero-order valence-corrected chi connectivity index (χ0v) is 13.2. The Kier molecular flexibility index (Phi) is 4.79. The normalized spacial score (nSPS) is 22.2. The first-order chi connectivity index (χ1) is 10.7. The van der Waals surface area contributed by atoms with Gasteiger partial charge in [0.05, 0.1) is 6.42 Å². The van der Waals surface area contributed by atoms with E-state index in [1.807, 2.05) is 0 Å². The van der Waals surface area contributed by atoms with Crippen molar-refractivity contribution in [1.82, 2.24) is 9.80 Å². The summed E-state index contributed by atoms with van der Waals surface area (Å²) in [4.78, 5) is 15.6. The maximum absolute atomic E-state index is 10.7. The van der Waals surface area contributed by atoms with Crippen LogP contribution in [-0.4, -0.2) is 53.6 Å². The molecule has 2 heterocycles. The first-order valence-electron chi connectivity index (χ1n) is 8.36. The van der Waals surface area contributed by atoms with Crippen LogP contribution < -0.4 is 0 Å². The SMILES string of the molecule is O=C(O)CCN1CCC2(CC1)CCN(Cc1ccccc1)C2. The number of carbonyl (C=O) groups is 1. The molecule has 0 aliphatic carbocycles. The number of benzene rings is 1. The summed E-state index contributed by atoms with van der Waals surface area (Å²) in [5.74, 6) is -0.685. The van der Waals surface area contributed by atoms with Crippen LogP contribution in [0.4, 0.5) is 0 Å². The molecule has 0 atom stereocenters. The van der Waals surface area contributed by atoms with Crippen molar-refractivity contribution in [1.29, 1.82) is 0 Å². The van der Waals surface area contributed by atoms with E-state index in [0.29, 0.717) is 12.0 Å². The van der Waals surface area contributed by atoms with Gasteiger partial charge in [-0.1, -0.05) is 30.3 Å². The van der Waals surface area contributed by atoms with Crippen LogP contribution in [0.3, 0.4) is 0 Å². The van der Waals surface area contributed by atoms with E-state index in [1.54, 1.807) is 0 Å². The fourth-order valence-corrected chi connectivity index (χ4v) is 3.92. The van der Waals surface area contributed by atoms with Gasteiger partial charge in [0.15, 0.2) is 0 Å². The smallest absolute Gasteiger partial charge is 0.304 e. The van der Waals surface area contributed by atoms with Gasteiger partial charge in [0.25, 0.3) is 0 Å². The van der Waals surface area contributed by atoms with Gasteiger partial charge in [-0.2, -0.15) is 0 Å². The molecule has 1 aromatic carbocycles. The first kappa shape index (κ1) is 15.5. The average molecular weight is 302 g/mol. The third-order valence-corrected chi connectivity index (χ3v) is 5.33. The van der Waals surface area contributed by atoms with Crippen molar-refractivity contribution >= 4 is 5.97 Å². The topological polar surface area (TPSA) is 43.8 Å². The Morgan fingerprint density at radius 3 is 2.32 bits per heavy atom. The lowest BCUT2D eigenvalue weighted by molar-refractivity contribution is -0.137. The average Bonchev–Trinajstić information content (AvgIpc) is 2.90. The Labute approximate surface area is 132 Å². The van der Waals surface area contributed by atoms with Crippen LogP contribution in [0.2, 0.25) is 0 Å². The zero-order valence-electron chi connectivity index (χ0n) is 13.2. The molecule has 0 amide bonds. The van der Waals surface area contributed by atoms with Crippen molar-refractivity contribution in [3.8, 4) is 0 Å². The third kappa shape index (κ3) is 3.87. The van der Waals surface area contributed by atoms with Crippen LogP contribution in [0, 0.1) is 5.41 Å². The minimum atomic E-state index is -0.685. The van der Waals surface area contributed by atoms with E-state index in [9.17, 15) is 4.79 Å². The molecule has 1 aromatic rings. The molecule has 0 aromatic heterocycles. The van der Waals surface area contributed by atoms with Crippen LogP contribution in [0.5, 0.6) is 0 Å². The maximum atomic E-state index is 10.7. The predicted molar refractivity (Wildman–Crippen MR) is 86.7 cm³/mol. The van der Waals surface area contributed by atoms with E-state index in [-0.39, 0.29) is 6.42 Å². The number of likely N-dealkylation sites (tertiary alicyclic amines) is 2. The number of hydrogen-bond acceptors (Lipinski definition) is 3. The Morgan fingerprint density at radius 1 is 1.05 bits per heavy atom. The predicted octanol–water partition coefficient (Wildman–Crippen LogP) is 2.45. The zero-order chi connectivity index (χ0) is 15.4. The quantitative estimate of drug-likeness (QED) is 0.907. The molecule has 2 fully saturated rings. The fourth-order valence-electron chi connectivity index (χ4n) is 3.92. The number of carboxylic acid groups (broad SMARTS) is 1. The van der Waals surface area contributed by atoms with Crippen molar-refractivity contribution in [3.63, 3.8) is 0 Å². The fraction of sp³-hybridized carbons (Fsp3) is 0.611. The molecule has 1 spiro atoms. The van der Waals surface area contributed by atoms with Crippen LogP contribution in [0.1, 0.15) is 31.2 Å². The third-order valence-electron chi connectivity index (χ3n) is 5.33. The maximum Gasteiger partial charge on any atom is 0.304 e. The molecule has 2 aliphatic heterocycles. The molecule has 1 N–H and O–H groups in total. The standard InChI is InChI=1S/C18H26N2O2/c21-17(22)6-10-19-11-7-18(8-12-19)9-13-20(15-18)14-16-4-2-1-3-5-16/h1-5H,6-15H2,(H,21,22). The monoisotopic (exact) mass is 302 g/mol. The molecule has 2 aliphatic rings. The highest BCUT2D eigenvalue weighted by molar-refractivity contribution is 5.66. The van der Waals surface area contributed by atoms with Gasteiger partial charge in [0.2, 0.25) is 0 Å². The number of rotatable bonds is 5. The lowest BCUT2D eigenvalue weighted by atomic mass is 9.78. The first-order valence-corrected chi connectivity index (χ1v) is 8.36. The second kappa shape index (κ2) is 6.80. The molecule has 120 valence electrons. The van der Waals surface area contributed by atoms with Gasteiger partial charge in [-0.05, 0) is 49.9 Å². The molecule has 0 bridgehead atoms. The van der Waals surface area contributed by atoms with Gasteiger partial charge in [0, 0.05) is 19.6 Å². The van der Waals surface area contributed by atoms with E-state index >= 15 is 0 Å². The highest BCUT2D eigenvalue weighted by Gasteiger charge is 2.40. The van der Waals surface area contributed by atoms with Crippen molar-refractivity contribution in [2.45, 2.75) is 32.2 Å². The van der Waals surface area contributed by atoms with Crippen LogP contribution in [0.25, 0.3) is 0 Å². The lowest BCUT2D eigenvalue weighted by Crippen LogP contribution is -2.42. The Bertz CT molecular complexity index is 495. The lowest BCUT2D eigenvalue weighted by Gasteiger charge is -2.39. The summed E-state index contributed by atoms with van der Waals surface area (Å²) >= 11 is 0. The minimum absolute atomic E-state index is 0.271. The second-order valence-electron chi connectivity index (χ2n) is 6.93. The summed E-state index contributed by atoms with van der Waals surface area (Å²) in [6.45, 7) is 6.29. The molecule has 2 saturated heterocycles. The molecule has 4 nitrogen and oxygen atoms in total. The highest BCUT2D eigenvalue weighted by atomic mass is 16.4. The molecular formula is C18H26N2O2. The molecule has 4 heteroatoms. The molecule has 0 saturated carbocycles. The summed E-state index contributed by atoms with van der Waals surface area (Å²) in [7, 11) is 0. The van der Waals surface area contributed by atoms with Gasteiger partial charge < -0.3 is 10.0 Å². The molecule has 0 unspecified atom stereocenters. The van der Waals surface area contributed by atoms with Gasteiger partial charge in [-0.15, -0.1) is 0 Å². The summed E-state index contributed by atoms with van der Waals surface area (Å²) in [5, 5.41) is 8.79. The number of hydrogen-bond donors (Lipinski definition) is 1. The Hall–Kier alpha value is -1.39. The minimum Gasteiger partial charge on any atom is -0.481 e. The van der Waals surface area contributed by atoms with E-state index in [1.165, 1.54) is 37.9 Å².